The Morgan fingerprint density at radius 1 is 1.19 bits per heavy atom. The molecule has 32 heavy (non-hydrogen) atoms. The van der Waals surface area contributed by atoms with Crippen LogP contribution in [0.4, 0.5) is 13.2 Å². The molecule has 9 heteroatoms. The Morgan fingerprint density at radius 2 is 2.00 bits per heavy atom. The second-order valence-corrected chi connectivity index (χ2v) is 8.11. The third-order valence-electron chi connectivity index (χ3n) is 5.83. The van der Waals surface area contributed by atoms with E-state index in [1.165, 1.54) is 35.0 Å². The van der Waals surface area contributed by atoms with Gasteiger partial charge in [0.1, 0.15) is 5.69 Å². The van der Waals surface area contributed by atoms with Crippen LogP contribution in [0.2, 0.25) is 0 Å². The third kappa shape index (κ3) is 4.47. The average Bonchev–Trinajstić information content (AvgIpc) is 3.22. The predicted octanol–water partition coefficient (Wildman–Crippen LogP) is 4.03. The summed E-state index contributed by atoms with van der Waals surface area (Å²) in [5, 5.41) is 0. The van der Waals surface area contributed by atoms with Crippen LogP contribution in [0.25, 0.3) is 17.1 Å². The topological polar surface area (TPSA) is 94.8 Å². The SMILES string of the molecule is Cc1ccc2c(c1)CCCC2Cn1cnc(-c2cc(/C(N)=C(/NN)C(F)(F)F)ccn2)c1. The highest BCUT2D eigenvalue weighted by atomic mass is 19.4. The second kappa shape index (κ2) is 8.66. The van der Waals surface area contributed by atoms with Crippen molar-refractivity contribution in [3.63, 3.8) is 0 Å². The number of imidazole rings is 1. The van der Waals surface area contributed by atoms with E-state index >= 15 is 0 Å². The van der Waals surface area contributed by atoms with Gasteiger partial charge in [-0.15, -0.1) is 0 Å². The quantitative estimate of drug-likeness (QED) is 0.410. The second-order valence-electron chi connectivity index (χ2n) is 8.11. The molecule has 5 N–H and O–H groups in total. The molecule has 1 aliphatic carbocycles. The number of halogens is 3. The van der Waals surface area contributed by atoms with Crippen LogP contribution in [-0.2, 0) is 13.0 Å². The van der Waals surface area contributed by atoms with Crippen LogP contribution in [0.1, 0.15) is 41.0 Å². The van der Waals surface area contributed by atoms with Gasteiger partial charge in [-0.2, -0.15) is 13.2 Å². The maximum absolute atomic E-state index is 13.1. The largest absolute Gasteiger partial charge is 0.434 e. The molecule has 0 aliphatic heterocycles. The van der Waals surface area contributed by atoms with E-state index in [1.54, 1.807) is 11.8 Å². The highest BCUT2D eigenvalue weighted by molar-refractivity contribution is 5.69. The standard InChI is InChI=1S/C23H25F3N6/c1-14-5-6-18-15(9-14)3-2-4-17(18)11-32-12-20(30-13-32)19-10-16(7-8-29-19)21(27)22(31-28)23(24,25)26/h5-10,12-13,17,31H,2-4,11,27-28H2,1H3/b22-21-. The lowest BCUT2D eigenvalue weighted by Crippen LogP contribution is -2.34. The summed E-state index contributed by atoms with van der Waals surface area (Å²) in [6.07, 6.45) is 3.65. The molecule has 1 aromatic carbocycles. The number of fused-ring (bicyclic) bond motifs is 1. The highest BCUT2D eigenvalue weighted by Crippen LogP contribution is 2.34. The molecule has 168 valence electrons. The van der Waals surface area contributed by atoms with E-state index in [2.05, 4.69) is 35.1 Å². The van der Waals surface area contributed by atoms with Crippen molar-refractivity contribution in [2.45, 2.75) is 44.8 Å². The monoisotopic (exact) mass is 442 g/mol. The fourth-order valence-electron chi connectivity index (χ4n) is 4.27. The Hall–Kier alpha value is -3.33. The number of aryl methyl sites for hydroxylation is 2. The summed E-state index contributed by atoms with van der Waals surface area (Å²) >= 11 is 0. The summed E-state index contributed by atoms with van der Waals surface area (Å²) in [6, 6.07) is 9.51. The van der Waals surface area contributed by atoms with E-state index in [1.807, 2.05) is 10.8 Å². The Kier molecular flexibility index (Phi) is 5.92. The van der Waals surface area contributed by atoms with Crippen molar-refractivity contribution in [3.05, 3.63) is 77.0 Å². The number of hydrogen-bond acceptors (Lipinski definition) is 5. The number of aromatic nitrogens is 3. The van der Waals surface area contributed by atoms with Crippen LogP contribution in [0, 0.1) is 6.92 Å². The van der Waals surface area contributed by atoms with Crippen LogP contribution < -0.4 is 17.0 Å². The molecule has 0 saturated heterocycles. The Morgan fingerprint density at radius 3 is 2.75 bits per heavy atom. The molecule has 0 radical (unpaired) electrons. The molecule has 0 bridgehead atoms. The van der Waals surface area contributed by atoms with Crippen molar-refractivity contribution >= 4 is 5.70 Å². The number of nitrogens with two attached hydrogens (primary N) is 2. The number of rotatable bonds is 5. The zero-order valence-corrected chi connectivity index (χ0v) is 17.7. The molecule has 1 aliphatic rings. The summed E-state index contributed by atoms with van der Waals surface area (Å²) in [5.41, 5.74) is 10.9. The minimum Gasteiger partial charge on any atom is -0.397 e. The van der Waals surface area contributed by atoms with Crippen molar-refractivity contribution in [1.29, 1.82) is 0 Å². The van der Waals surface area contributed by atoms with Crippen LogP contribution in [0.3, 0.4) is 0 Å². The van der Waals surface area contributed by atoms with Gasteiger partial charge < -0.3 is 15.7 Å². The van der Waals surface area contributed by atoms with Crippen molar-refractivity contribution in [1.82, 2.24) is 20.0 Å². The fraction of sp³-hybridized carbons (Fsp3) is 0.304. The number of alkyl halides is 3. The van der Waals surface area contributed by atoms with Crippen LogP contribution in [0.5, 0.6) is 0 Å². The minimum atomic E-state index is -4.70. The lowest BCUT2D eigenvalue weighted by Gasteiger charge is -2.26. The van der Waals surface area contributed by atoms with Gasteiger partial charge in [0.15, 0.2) is 5.70 Å². The van der Waals surface area contributed by atoms with E-state index in [0.717, 1.165) is 25.8 Å². The van der Waals surface area contributed by atoms with Gasteiger partial charge in [0, 0.05) is 30.4 Å². The zero-order valence-electron chi connectivity index (χ0n) is 17.7. The lowest BCUT2D eigenvalue weighted by atomic mass is 9.82. The first-order valence-electron chi connectivity index (χ1n) is 10.4. The Labute approximate surface area is 184 Å². The lowest BCUT2D eigenvalue weighted by molar-refractivity contribution is -0.0961. The van der Waals surface area contributed by atoms with Gasteiger partial charge in [-0.1, -0.05) is 23.8 Å². The van der Waals surface area contributed by atoms with Crippen molar-refractivity contribution in [3.8, 4) is 11.4 Å². The molecule has 4 rings (SSSR count). The third-order valence-corrected chi connectivity index (χ3v) is 5.83. The van der Waals surface area contributed by atoms with Gasteiger partial charge in [0.05, 0.1) is 17.7 Å². The number of nitrogens with zero attached hydrogens (tertiary/aromatic N) is 3. The predicted molar refractivity (Wildman–Crippen MR) is 117 cm³/mol. The first-order chi connectivity index (χ1) is 15.3. The zero-order chi connectivity index (χ0) is 22.9. The summed E-state index contributed by atoms with van der Waals surface area (Å²) in [5.74, 6) is 5.43. The summed E-state index contributed by atoms with van der Waals surface area (Å²) in [6.45, 7) is 2.89. The van der Waals surface area contributed by atoms with Gasteiger partial charge in [-0.25, -0.2) is 4.98 Å². The van der Waals surface area contributed by atoms with Gasteiger partial charge in [0.25, 0.3) is 0 Å². The maximum atomic E-state index is 13.1. The average molecular weight is 442 g/mol. The van der Waals surface area contributed by atoms with E-state index in [9.17, 15) is 13.2 Å². The normalized spacial score (nSPS) is 17.0. The Bertz CT molecular complexity index is 1150. The molecule has 0 fully saturated rings. The fourth-order valence-corrected chi connectivity index (χ4v) is 4.27. The summed E-state index contributed by atoms with van der Waals surface area (Å²) in [7, 11) is 0. The van der Waals surface area contributed by atoms with Crippen molar-refractivity contribution in [2.75, 3.05) is 0 Å². The number of hydrazine groups is 1. The molecule has 2 heterocycles. The molecule has 1 unspecified atom stereocenters. The molecular weight excluding hydrogens is 417 g/mol. The number of pyridine rings is 1. The molecule has 3 aromatic rings. The summed E-state index contributed by atoms with van der Waals surface area (Å²) < 4.78 is 41.4. The number of nitrogens with one attached hydrogen (secondary N) is 1. The van der Waals surface area contributed by atoms with Crippen molar-refractivity contribution in [2.24, 2.45) is 11.6 Å². The molecule has 0 amide bonds. The first kappa shape index (κ1) is 21.9. The maximum Gasteiger partial charge on any atom is 0.434 e. The van der Waals surface area contributed by atoms with Crippen molar-refractivity contribution < 1.29 is 13.2 Å². The van der Waals surface area contributed by atoms with Gasteiger partial charge in [-0.05, 0) is 49.4 Å². The molecular formula is C23H25F3N6. The molecule has 1 atom stereocenters. The van der Waals surface area contributed by atoms with E-state index in [0.29, 0.717) is 17.3 Å². The van der Waals surface area contributed by atoms with Gasteiger partial charge >= 0.3 is 6.18 Å². The smallest absolute Gasteiger partial charge is 0.397 e. The van der Waals surface area contributed by atoms with E-state index < -0.39 is 17.6 Å². The van der Waals surface area contributed by atoms with Crippen LogP contribution >= 0.6 is 0 Å². The minimum absolute atomic E-state index is 0.159. The van der Waals surface area contributed by atoms with Crippen LogP contribution in [-0.4, -0.2) is 20.7 Å². The molecule has 0 spiro atoms. The van der Waals surface area contributed by atoms with Gasteiger partial charge in [0.2, 0.25) is 0 Å². The highest BCUT2D eigenvalue weighted by Gasteiger charge is 2.36. The molecule has 0 saturated carbocycles. The Balaban J connectivity index is 1.58. The van der Waals surface area contributed by atoms with E-state index in [-0.39, 0.29) is 5.56 Å². The number of benzene rings is 1. The van der Waals surface area contributed by atoms with Crippen LogP contribution in [0.15, 0.2) is 54.7 Å². The number of hydrogen-bond donors (Lipinski definition) is 3. The van der Waals surface area contributed by atoms with E-state index in [4.69, 9.17) is 11.6 Å². The summed E-state index contributed by atoms with van der Waals surface area (Å²) in [4.78, 5) is 8.68. The molecule has 6 nitrogen and oxygen atoms in total. The van der Waals surface area contributed by atoms with Gasteiger partial charge in [-0.3, -0.25) is 10.8 Å². The molecule has 2 aromatic heterocycles. The number of allylic oxidation sites excluding steroid dienone is 1. The first-order valence-corrected chi connectivity index (χ1v) is 10.4.